The molecule has 0 spiro atoms. The standard InChI is InChI=1S/C56H94N6O20/c1-14-29(6)43(61(11)53(74)41(28(4)5)60-52(73)40(57-10)27(2)3)37(77-12)23-39(68)62-22-18-21-34(62)47(78-13)30(7)51(72)58-31(8)48(33-19-16-15-17-20-33)80-54-46(71)50(45(70)38(26-64)79-54)82-56(55(75)76)24-35(66)42(59-32(9)65)49(81-56)44(69)36(67)25-63/h15-17,19-20,27-31,34-38,40-50,54,57,63-64,66-67,69-71H,14,18,21-26H2,1-13H3,(H,58,72)(H,59,65)(H,60,73)(H,75,76). The maximum Gasteiger partial charge on any atom is 0.364 e. The molecule has 1 aromatic carbocycles. The van der Waals surface area contributed by atoms with Gasteiger partial charge in [-0.15, -0.1) is 0 Å². The smallest absolute Gasteiger partial charge is 0.364 e. The van der Waals surface area contributed by atoms with E-state index in [9.17, 15) is 69.6 Å². The van der Waals surface area contributed by atoms with Crippen molar-refractivity contribution >= 4 is 35.5 Å². The van der Waals surface area contributed by atoms with Gasteiger partial charge in [-0.1, -0.05) is 85.2 Å². The second kappa shape index (κ2) is 31.6. The predicted octanol–water partition coefficient (Wildman–Crippen LogP) is -1.47. The first kappa shape index (κ1) is 70.0. The molecule has 82 heavy (non-hydrogen) atoms. The lowest BCUT2D eigenvalue weighted by Crippen LogP contribution is -2.70. The first-order chi connectivity index (χ1) is 38.6. The molecule has 12 N–H and O–H groups in total. The van der Waals surface area contributed by atoms with Crippen molar-refractivity contribution in [1.29, 1.82) is 0 Å². The van der Waals surface area contributed by atoms with E-state index < -0.39 is 159 Å². The van der Waals surface area contributed by atoms with E-state index in [2.05, 4.69) is 21.3 Å². The van der Waals surface area contributed by atoms with E-state index in [0.717, 1.165) is 6.92 Å². The van der Waals surface area contributed by atoms with Crippen LogP contribution in [0.4, 0.5) is 0 Å². The molecule has 4 rings (SSSR count). The molecule has 0 radical (unpaired) electrons. The maximum atomic E-state index is 14.6. The number of nitrogens with one attached hydrogen (secondary N) is 4. The quantitative estimate of drug-likeness (QED) is 0.0418. The Morgan fingerprint density at radius 1 is 0.890 bits per heavy atom. The molecule has 21 atom stereocenters. The molecular formula is C56H94N6O20. The minimum absolute atomic E-state index is 0.0389. The molecule has 21 unspecified atom stereocenters. The summed E-state index contributed by atoms with van der Waals surface area (Å²) in [7, 11) is 6.29. The summed E-state index contributed by atoms with van der Waals surface area (Å²) in [6.07, 6.45) is -19.7. The molecule has 5 amide bonds. The third kappa shape index (κ3) is 16.7. The number of nitrogens with zero attached hydrogens (tertiary/aromatic N) is 2. The van der Waals surface area contributed by atoms with Gasteiger partial charge in [0.1, 0.15) is 54.9 Å². The van der Waals surface area contributed by atoms with E-state index in [1.54, 1.807) is 68.1 Å². The molecule has 1 aromatic rings. The Hall–Kier alpha value is -4.52. The fourth-order valence-corrected chi connectivity index (χ4v) is 11.5. The summed E-state index contributed by atoms with van der Waals surface area (Å²) >= 11 is 0. The maximum absolute atomic E-state index is 14.6. The van der Waals surface area contributed by atoms with Gasteiger partial charge in [-0.05, 0) is 50.1 Å². The molecule has 3 aliphatic heterocycles. The summed E-state index contributed by atoms with van der Waals surface area (Å²) in [5, 5.41) is 97.9. The third-order valence-electron chi connectivity index (χ3n) is 16.3. The van der Waals surface area contributed by atoms with Crippen molar-refractivity contribution in [2.45, 2.75) is 210 Å². The van der Waals surface area contributed by atoms with Gasteiger partial charge in [0.2, 0.25) is 29.5 Å². The van der Waals surface area contributed by atoms with Crippen molar-refractivity contribution in [2.75, 3.05) is 48.1 Å². The Labute approximate surface area is 480 Å². The van der Waals surface area contributed by atoms with Crippen LogP contribution in [0.3, 0.4) is 0 Å². The number of ether oxygens (including phenoxy) is 6. The third-order valence-corrected chi connectivity index (χ3v) is 16.3. The lowest BCUT2D eigenvalue weighted by molar-refractivity contribution is -0.373. The average molecular weight is 1170 g/mol. The molecule has 3 heterocycles. The predicted molar refractivity (Wildman–Crippen MR) is 294 cm³/mol. The number of benzene rings is 1. The minimum Gasteiger partial charge on any atom is -0.477 e. The molecule has 0 saturated carbocycles. The molecule has 26 nitrogen and oxygen atoms in total. The number of carbonyl (C=O) groups excluding carboxylic acids is 5. The zero-order valence-corrected chi connectivity index (χ0v) is 49.6. The molecular weight excluding hydrogens is 1080 g/mol. The van der Waals surface area contributed by atoms with Gasteiger partial charge >= 0.3 is 5.97 Å². The number of hydrogen-bond acceptors (Lipinski definition) is 20. The highest BCUT2D eigenvalue weighted by Gasteiger charge is 2.60. The fourth-order valence-electron chi connectivity index (χ4n) is 11.5. The zero-order chi connectivity index (χ0) is 61.7. The minimum atomic E-state index is -3.03. The summed E-state index contributed by atoms with van der Waals surface area (Å²) in [4.78, 5) is 85.3. The van der Waals surface area contributed by atoms with Gasteiger partial charge in [0.15, 0.2) is 6.29 Å². The zero-order valence-electron chi connectivity index (χ0n) is 49.6. The number of rotatable bonds is 30. The Morgan fingerprint density at radius 2 is 1.52 bits per heavy atom. The monoisotopic (exact) mass is 1170 g/mol. The van der Waals surface area contributed by atoms with Crippen LogP contribution in [0.1, 0.15) is 106 Å². The highest BCUT2D eigenvalue weighted by molar-refractivity contribution is 5.90. The second-order valence-electron chi connectivity index (χ2n) is 22.8. The first-order valence-electron chi connectivity index (χ1n) is 28.3. The van der Waals surface area contributed by atoms with Crippen molar-refractivity contribution in [3.05, 3.63) is 35.9 Å². The lowest BCUT2D eigenvalue weighted by atomic mass is 9.88. The van der Waals surface area contributed by atoms with E-state index >= 15 is 0 Å². The average Bonchev–Trinajstić information content (AvgIpc) is 3.97. The highest BCUT2D eigenvalue weighted by atomic mass is 16.8. The van der Waals surface area contributed by atoms with E-state index in [4.69, 9.17) is 28.4 Å². The summed E-state index contributed by atoms with van der Waals surface area (Å²) in [5.74, 6) is -8.48. The van der Waals surface area contributed by atoms with E-state index in [1.165, 1.54) is 14.2 Å². The number of aliphatic hydroxyl groups is 7. The molecule has 0 bridgehead atoms. The van der Waals surface area contributed by atoms with Gasteiger partial charge in [-0.2, -0.15) is 0 Å². The molecule has 0 aliphatic carbocycles. The van der Waals surface area contributed by atoms with E-state index in [-0.39, 0.29) is 41.9 Å². The molecule has 3 aliphatic rings. The van der Waals surface area contributed by atoms with E-state index in [0.29, 0.717) is 31.4 Å². The number of amides is 5. The number of likely N-dealkylation sites (tertiary alicyclic amines) is 1. The normalized spacial score (nSPS) is 29.0. The number of carboxylic acid groups (broad SMARTS) is 1. The van der Waals surface area contributed by atoms with Crippen LogP contribution >= 0.6 is 0 Å². The Bertz CT molecular complexity index is 2220. The van der Waals surface area contributed by atoms with E-state index in [1.807, 2.05) is 41.5 Å². The van der Waals surface area contributed by atoms with Crippen molar-refractivity contribution in [1.82, 2.24) is 31.1 Å². The number of methoxy groups -OCH3 is 2. The molecule has 0 aromatic heterocycles. The van der Waals surface area contributed by atoms with Crippen LogP contribution in [-0.2, 0) is 57.2 Å². The van der Waals surface area contributed by atoms with Crippen molar-refractivity contribution in [3.63, 3.8) is 0 Å². The van der Waals surface area contributed by atoms with Crippen LogP contribution in [0.2, 0.25) is 0 Å². The van der Waals surface area contributed by atoms with Gasteiger partial charge in [0.25, 0.3) is 5.79 Å². The molecule has 26 heteroatoms. The van der Waals surface area contributed by atoms with Crippen molar-refractivity contribution < 1.29 is 98.0 Å². The first-order valence-corrected chi connectivity index (χ1v) is 28.3. The summed E-state index contributed by atoms with van der Waals surface area (Å²) in [6.45, 7) is 14.2. The Kier molecular flexibility index (Phi) is 26.9. The van der Waals surface area contributed by atoms with Gasteiger partial charge in [0.05, 0.1) is 74.1 Å². The SMILES string of the molecule is CCC(C)C(C(CC(=O)N1CCCC1C(OC)C(C)C(=O)NC(C)C(OC1OC(CO)C(O)C(OC2(C(=O)O)CC(O)C(NC(C)=O)C(C(O)C(O)CO)O2)C1O)c1ccccc1)OC)N(C)C(=O)C(NC(=O)C(NC)C(C)C)C(C)C. The number of carbonyl (C=O) groups is 6. The number of likely N-dealkylation sites (N-methyl/N-ethyl adjacent to an activating group) is 2. The molecule has 3 saturated heterocycles. The van der Waals surface area contributed by atoms with Crippen LogP contribution < -0.4 is 21.3 Å². The van der Waals surface area contributed by atoms with Crippen molar-refractivity contribution in [3.8, 4) is 0 Å². The number of hydrogen-bond donors (Lipinski definition) is 12. The van der Waals surface area contributed by atoms with Crippen LogP contribution in [0.25, 0.3) is 0 Å². The second-order valence-corrected chi connectivity index (χ2v) is 22.8. The van der Waals surface area contributed by atoms with Gasteiger partial charge < -0.3 is 100 Å². The van der Waals surface area contributed by atoms with Gasteiger partial charge in [-0.3, -0.25) is 24.0 Å². The summed E-state index contributed by atoms with van der Waals surface area (Å²) in [5.41, 5.74) is 0.441. The van der Waals surface area contributed by atoms with Crippen molar-refractivity contribution in [2.24, 2.45) is 23.7 Å². The highest BCUT2D eigenvalue weighted by Crippen LogP contribution is 2.39. The Balaban J connectivity index is 1.58. The largest absolute Gasteiger partial charge is 0.477 e. The Morgan fingerprint density at radius 3 is 2.05 bits per heavy atom. The molecule has 3 fully saturated rings. The topological polar surface area (TPSA) is 374 Å². The van der Waals surface area contributed by atoms with Crippen LogP contribution in [0, 0.1) is 23.7 Å². The fraction of sp³-hybridized carbons (Fsp3) is 0.786. The molecule has 468 valence electrons. The van der Waals surface area contributed by atoms with Gasteiger partial charge in [-0.25, -0.2) is 4.79 Å². The van der Waals surface area contributed by atoms with Crippen LogP contribution in [0.5, 0.6) is 0 Å². The summed E-state index contributed by atoms with van der Waals surface area (Å²) in [6, 6.07) is 3.35. The van der Waals surface area contributed by atoms with Crippen LogP contribution in [0.15, 0.2) is 30.3 Å². The van der Waals surface area contributed by atoms with Gasteiger partial charge in [0, 0.05) is 41.2 Å². The number of aliphatic carboxylic acids is 1. The number of aliphatic hydroxyl groups excluding tert-OH is 7. The lowest BCUT2D eigenvalue weighted by Gasteiger charge is -2.50. The van der Waals surface area contributed by atoms with Crippen LogP contribution in [-0.4, -0.2) is 244 Å². The number of carboxylic acids is 1. The summed E-state index contributed by atoms with van der Waals surface area (Å²) < 4.78 is 36.0.